The van der Waals surface area contributed by atoms with E-state index in [0.29, 0.717) is 36.1 Å². The number of carbonyl (C=O) groups is 4. The molecule has 0 aliphatic carbocycles. The van der Waals surface area contributed by atoms with Crippen LogP contribution < -0.4 is 10.6 Å². The summed E-state index contributed by atoms with van der Waals surface area (Å²) in [6, 6.07) is 5.62. The van der Waals surface area contributed by atoms with Crippen molar-refractivity contribution in [2.45, 2.75) is 130 Å². The highest BCUT2D eigenvalue weighted by molar-refractivity contribution is 5.87. The average Bonchev–Trinajstić information content (AvgIpc) is 3.96. The number of aromatic nitrogens is 4. The summed E-state index contributed by atoms with van der Waals surface area (Å²) >= 11 is 0. The zero-order valence-corrected chi connectivity index (χ0v) is 35.4. The summed E-state index contributed by atoms with van der Waals surface area (Å²) in [5.74, 6) is 13.3. The third-order valence-electron chi connectivity index (χ3n) is 9.67. The molecule has 0 saturated carbocycles. The predicted molar refractivity (Wildman–Crippen MR) is 219 cm³/mol. The van der Waals surface area contributed by atoms with Gasteiger partial charge < -0.3 is 39.9 Å². The van der Waals surface area contributed by atoms with Crippen LogP contribution >= 0.6 is 0 Å². The van der Waals surface area contributed by atoms with Gasteiger partial charge in [-0.3, -0.25) is 9.59 Å². The molecule has 2 aliphatic heterocycles. The lowest BCUT2D eigenvalue weighted by atomic mass is 10.0. The Morgan fingerprint density at radius 1 is 0.655 bits per heavy atom. The van der Waals surface area contributed by atoms with Crippen LogP contribution in [0.5, 0.6) is 0 Å². The van der Waals surface area contributed by atoms with Crippen molar-refractivity contribution in [3.05, 3.63) is 70.8 Å². The Bertz CT molecular complexity index is 1920. The van der Waals surface area contributed by atoms with E-state index in [1.165, 1.54) is 0 Å². The van der Waals surface area contributed by atoms with Gasteiger partial charge in [-0.15, -0.1) is 0 Å². The minimum Gasteiger partial charge on any atom is -0.444 e. The number of carbonyl (C=O) groups excluding carboxylic acids is 4. The minimum absolute atomic E-state index is 0.136. The van der Waals surface area contributed by atoms with Crippen LogP contribution in [0, 0.1) is 35.5 Å². The first-order valence-electron chi connectivity index (χ1n) is 20.1. The molecule has 3 aromatic rings. The van der Waals surface area contributed by atoms with Crippen LogP contribution in [0.4, 0.5) is 9.59 Å². The number of nitrogens with zero attached hydrogens (tertiary/aromatic N) is 4. The summed E-state index contributed by atoms with van der Waals surface area (Å²) in [6.45, 7) is 19.4. The van der Waals surface area contributed by atoms with Gasteiger partial charge in [-0.2, -0.15) is 0 Å². The van der Waals surface area contributed by atoms with Crippen LogP contribution in [-0.2, 0) is 19.1 Å². The van der Waals surface area contributed by atoms with Gasteiger partial charge in [0.15, 0.2) is 0 Å². The van der Waals surface area contributed by atoms with Crippen LogP contribution in [0.3, 0.4) is 0 Å². The van der Waals surface area contributed by atoms with E-state index in [4.69, 9.17) is 9.47 Å². The molecule has 4 heterocycles. The van der Waals surface area contributed by atoms with E-state index in [2.05, 4.69) is 54.3 Å². The maximum Gasteiger partial charge on any atom is 0.408 e. The van der Waals surface area contributed by atoms with Crippen molar-refractivity contribution in [1.82, 2.24) is 40.4 Å². The van der Waals surface area contributed by atoms with Crippen molar-refractivity contribution in [3.63, 3.8) is 0 Å². The maximum atomic E-state index is 13.7. The lowest BCUT2D eigenvalue weighted by molar-refractivity contribution is -0.136. The number of likely N-dealkylation sites (tertiary alicyclic amines) is 2. The van der Waals surface area contributed by atoms with Gasteiger partial charge in [0, 0.05) is 24.2 Å². The second-order valence-corrected chi connectivity index (χ2v) is 17.6. The Morgan fingerprint density at radius 2 is 1.02 bits per heavy atom. The lowest BCUT2D eigenvalue weighted by Crippen LogP contribution is -2.52. The van der Waals surface area contributed by atoms with E-state index < -0.39 is 35.5 Å². The molecule has 4 atom stereocenters. The van der Waals surface area contributed by atoms with Crippen molar-refractivity contribution in [2.75, 3.05) is 13.1 Å². The Kier molecular flexibility index (Phi) is 13.6. The molecule has 2 aliphatic rings. The molecule has 2 saturated heterocycles. The van der Waals surface area contributed by atoms with Crippen molar-refractivity contribution in [1.29, 1.82) is 0 Å². The fourth-order valence-electron chi connectivity index (χ4n) is 6.94. The molecule has 2 fully saturated rings. The number of alkyl carbamates (subject to hydrolysis) is 2. The number of benzene rings is 1. The zero-order valence-electron chi connectivity index (χ0n) is 35.4. The third kappa shape index (κ3) is 11.7. The Hall–Kier alpha value is -5.76. The maximum absolute atomic E-state index is 13.7. The number of nitrogens with one attached hydrogen (secondary N) is 4. The van der Waals surface area contributed by atoms with Gasteiger partial charge in [0.1, 0.15) is 46.3 Å². The molecule has 14 heteroatoms. The van der Waals surface area contributed by atoms with Crippen LogP contribution in [0.15, 0.2) is 36.7 Å². The van der Waals surface area contributed by atoms with Gasteiger partial charge in [-0.05, 0) is 115 Å². The van der Waals surface area contributed by atoms with Gasteiger partial charge in [0.25, 0.3) is 0 Å². The summed E-state index contributed by atoms with van der Waals surface area (Å²) in [4.78, 5) is 71.7. The second kappa shape index (κ2) is 18.2. The SMILES string of the molecule is CC(C)[C@@H](NC(=O)OC(C)(C)C)C(=O)N1CCC[C@H]1c1ncc(C#Cc2ccc(C#Cc3cnc([C@@H]4CCCN4C(=O)[C@H](NC(=O)OC(C)(C)C)C(C)C)[nH]3)cc2)[nH]1. The highest BCUT2D eigenvalue weighted by Crippen LogP contribution is 2.33. The molecule has 310 valence electrons. The largest absolute Gasteiger partial charge is 0.444 e. The predicted octanol–water partition coefficient (Wildman–Crippen LogP) is 6.36. The average molecular weight is 795 g/mol. The number of hydrogen-bond acceptors (Lipinski definition) is 8. The van der Waals surface area contributed by atoms with Gasteiger partial charge in [-0.1, -0.05) is 39.5 Å². The number of imidazole rings is 2. The number of amides is 4. The van der Waals surface area contributed by atoms with Gasteiger partial charge >= 0.3 is 12.2 Å². The monoisotopic (exact) mass is 794 g/mol. The quantitative estimate of drug-likeness (QED) is 0.191. The fourth-order valence-corrected chi connectivity index (χ4v) is 6.94. The van der Waals surface area contributed by atoms with E-state index in [0.717, 1.165) is 36.8 Å². The van der Waals surface area contributed by atoms with Gasteiger partial charge in [0.05, 0.1) is 24.5 Å². The molecule has 14 nitrogen and oxygen atoms in total. The van der Waals surface area contributed by atoms with Crippen molar-refractivity contribution >= 4 is 24.0 Å². The summed E-state index contributed by atoms with van der Waals surface area (Å²) < 4.78 is 10.8. The molecule has 0 bridgehead atoms. The minimum atomic E-state index is -0.727. The number of aromatic amines is 2. The van der Waals surface area contributed by atoms with Crippen LogP contribution in [0.1, 0.15) is 141 Å². The Labute approximate surface area is 342 Å². The van der Waals surface area contributed by atoms with Crippen LogP contribution in [0.2, 0.25) is 0 Å². The highest BCUT2D eigenvalue weighted by Gasteiger charge is 2.39. The van der Waals surface area contributed by atoms with Crippen LogP contribution in [-0.4, -0.2) is 90.1 Å². The van der Waals surface area contributed by atoms with E-state index in [9.17, 15) is 19.2 Å². The summed E-state index contributed by atoms with van der Waals surface area (Å²) in [5, 5.41) is 5.55. The molecule has 1 aromatic carbocycles. The molecule has 0 radical (unpaired) electrons. The number of H-pyrrole nitrogens is 2. The molecular weight excluding hydrogens is 737 g/mol. The lowest BCUT2D eigenvalue weighted by Gasteiger charge is -2.31. The summed E-state index contributed by atoms with van der Waals surface area (Å²) in [5.41, 5.74) is 1.50. The van der Waals surface area contributed by atoms with Crippen molar-refractivity contribution < 1.29 is 28.7 Å². The number of ether oxygens (including phenoxy) is 2. The molecule has 0 spiro atoms. The number of hydrogen-bond donors (Lipinski definition) is 4. The van der Waals surface area contributed by atoms with E-state index >= 15 is 0 Å². The van der Waals surface area contributed by atoms with Crippen molar-refractivity contribution in [2.24, 2.45) is 11.8 Å². The zero-order chi connectivity index (χ0) is 42.4. The molecule has 58 heavy (non-hydrogen) atoms. The van der Waals surface area contributed by atoms with Gasteiger partial charge in [-0.25, -0.2) is 19.6 Å². The molecule has 2 aromatic heterocycles. The Balaban J connectivity index is 1.19. The van der Waals surface area contributed by atoms with Crippen molar-refractivity contribution in [3.8, 4) is 23.7 Å². The molecule has 4 amide bonds. The third-order valence-corrected chi connectivity index (χ3v) is 9.67. The normalized spacial score (nSPS) is 17.9. The van der Waals surface area contributed by atoms with E-state index in [-0.39, 0.29) is 35.7 Å². The second-order valence-electron chi connectivity index (χ2n) is 17.6. The Morgan fingerprint density at radius 3 is 1.34 bits per heavy atom. The first-order valence-corrected chi connectivity index (χ1v) is 20.1. The van der Waals surface area contributed by atoms with Gasteiger partial charge in [0.2, 0.25) is 11.8 Å². The molecular formula is C44H58N8O6. The first kappa shape index (κ1) is 43.4. The number of rotatable bonds is 8. The molecule has 5 rings (SSSR count). The fraction of sp³-hybridized carbons (Fsp3) is 0.545. The highest BCUT2D eigenvalue weighted by atomic mass is 16.6. The van der Waals surface area contributed by atoms with Crippen LogP contribution in [0.25, 0.3) is 0 Å². The molecule has 0 unspecified atom stereocenters. The van der Waals surface area contributed by atoms with E-state index in [1.54, 1.807) is 63.7 Å². The van der Waals surface area contributed by atoms with E-state index in [1.807, 2.05) is 52.0 Å². The topological polar surface area (TPSA) is 175 Å². The summed E-state index contributed by atoms with van der Waals surface area (Å²) in [6.07, 6.45) is 5.25. The standard InChI is InChI=1S/C44H58N8O6/c1-27(2)35(49-41(55)57-43(5,6)7)39(53)51-23-11-13-33(51)37-45-25-31(47-37)21-19-29-15-17-30(18-16-29)20-22-32-26-46-38(48-32)34-14-12-24-52(34)40(54)36(28(3)4)50-42(56)58-44(8,9)10/h15-18,25-28,33-36H,11-14,23-24H2,1-10H3,(H,45,47)(H,46,48)(H,49,55)(H,50,56)/t33-,34-,35+,36+/m0/s1. The molecule has 4 N–H and O–H groups in total. The smallest absolute Gasteiger partial charge is 0.408 e. The summed E-state index contributed by atoms with van der Waals surface area (Å²) in [7, 11) is 0. The first-order chi connectivity index (χ1) is 27.3.